The molecule has 7 nitrogen and oxygen atoms in total. The zero-order valence-electron chi connectivity index (χ0n) is 15.3. The second-order valence-corrected chi connectivity index (χ2v) is 9.41. The van der Waals surface area contributed by atoms with Crippen molar-refractivity contribution in [3.8, 4) is 0 Å². The smallest absolute Gasteiger partial charge is 0.251 e. The van der Waals surface area contributed by atoms with E-state index in [2.05, 4.69) is 5.32 Å². The first-order chi connectivity index (χ1) is 13.2. The molecule has 1 amide bonds. The molecule has 0 saturated carbocycles. The number of carbonyl (C=O) groups excluding carboxylic acids is 1. The summed E-state index contributed by atoms with van der Waals surface area (Å²) in [5, 5.41) is 15.7. The number of aliphatic hydroxyl groups is 1. The van der Waals surface area contributed by atoms with Gasteiger partial charge in [0, 0.05) is 24.5 Å². The van der Waals surface area contributed by atoms with E-state index < -0.39 is 21.5 Å². The van der Waals surface area contributed by atoms with Crippen LogP contribution in [0.4, 0.5) is 0 Å². The minimum atomic E-state index is -3.56. The summed E-state index contributed by atoms with van der Waals surface area (Å²) in [5.41, 5.74) is -1.22. The largest absolute Gasteiger partial charge is 0.466 e. The lowest BCUT2D eigenvalue weighted by atomic mass is 9.98. The summed E-state index contributed by atoms with van der Waals surface area (Å²) in [7, 11) is -0.683. The number of hydrogen-bond acceptors (Lipinski definition) is 6. The summed E-state index contributed by atoms with van der Waals surface area (Å²) in [4.78, 5) is 13.2. The molecular formula is C19H20N2O5S2. The van der Waals surface area contributed by atoms with E-state index in [1.54, 1.807) is 24.3 Å². The molecule has 0 aliphatic heterocycles. The number of amides is 1. The first kappa shape index (κ1) is 20.3. The van der Waals surface area contributed by atoms with Crippen LogP contribution in [0.15, 0.2) is 69.5 Å². The molecule has 1 atom stereocenters. The summed E-state index contributed by atoms with van der Waals surface area (Å²) < 4.78 is 30.7. The third-order valence-corrected chi connectivity index (χ3v) is 7.11. The van der Waals surface area contributed by atoms with Crippen molar-refractivity contribution >= 4 is 27.3 Å². The fraction of sp³-hybridized carbons (Fsp3) is 0.211. The summed E-state index contributed by atoms with van der Waals surface area (Å²) in [5.74, 6) is -0.113. The van der Waals surface area contributed by atoms with Crippen molar-refractivity contribution in [1.29, 1.82) is 0 Å². The average Bonchev–Trinajstić information content (AvgIpc) is 3.40. The van der Waals surface area contributed by atoms with Gasteiger partial charge in [-0.3, -0.25) is 4.79 Å². The Bertz CT molecular complexity index is 990. The van der Waals surface area contributed by atoms with Crippen LogP contribution in [0.25, 0.3) is 0 Å². The quantitative estimate of drug-likeness (QED) is 0.611. The predicted octanol–water partition coefficient (Wildman–Crippen LogP) is 2.26. The minimum absolute atomic E-state index is 0.0970. The lowest BCUT2D eigenvalue weighted by Gasteiger charge is -2.25. The maximum Gasteiger partial charge on any atom is 0.251 e. The van der Waals surface area contributed by atoms with Crippen molar-refractivity contribution < 1.29 is 22.7 Å². The molecule has 3 aromatic rings. The highest BCUT2D eigenvalue weighted by Gasteiger charge is 2.36. The summed E-state index contributed by atoms with van der Waals surface area (Å²) in [6.07, 6.45) is 1.46. The van der Waals surface area contributed by atoms with Gasteiger partial charge in [0.15, 0.2) is 5.60 Å². The first-order valence-electron chi connectivity index (χ1n) is 8.36. The molecular weight excluding hydrogens is 400 g/mol. The molecule has 0 radical (unpaired) electrons. The molecule has 28 heavy (non-hydrogen) atoms. The number of hydrogen-bond donors (Lipinski definition) is 2. The Kier molecular flexibility index (Phi) is 5.71. The minimum Gasteiger partial charge on any atom is -0.466 e. The van der Waals surface area contributed by atoms with Crippen LogP contribution in [0.2, 0.25) is 0 Å². The summed E-state index contributed by atoms with van der Waals surface area (Å²) in [6.45, 7) is -0.0996. The van der Waals surface area contributed by atoms with Crippen molar-refractivity contribution in [1.82, 2.24) is 9.62 Å². The second-order valence-electron chi connectivity index (χ2n) is 6.31. The van der Waals surface area contributed by atoms with E-state index in [-0.39, 0.29) is 17.0 Å². The van der Waals surface area contributed by atoms with Gasteiger partial charge in [-0.25, -0.2) is 12.7 Å². The molecule has 2 aromatic heterocycles. The Morgan fingerprint density at radius 3 is 2.43 bits per heavy atom. The van der Waals surface area contributed by atoms with E-state index in [1.807, 2.05) is 5.38 Å². The van der Waals surface area contributed by atoms with Crippen LogP contribution in [-0.2, 0) is 15.6 Å². The number of benzene rings is 1. The zero-order valence-corrected chi connectivity index (χ0v) is 17.0. The molecule has 1 unspecified atom stereocenters. The molecule has 0 aliphatic carbocycles. The van der Waals surface area contributed by atoms with Gasteiger partial charge in [-0.05, 0) is 47.8 Å². The van der Waals surface area contributed by atoms with Gasteiger partial charge in [0.2, 0.25) is 10.0 Å². The second kappa shape index (κ2) is 7.88. The third kappa shape index (κ3) is 3.88. The monoisotopic (exact) mass is 420 g/mol. The van der Waals surface area contributed by atoms with Crippen molar-refractivity contribution in [3.05, 3.63) is 76.4 Å². The molecule has 148 valence electrons. The Hall–Kier alpha value is -2.46. The van der Waals surface area contributed by atoms with Crippen LogP contribution in [-0.4, -0.2) is 44.4 Å². The highest BCUT2D eigenvalue weighted by Crippen LogP contribution is 2.32. The van der Waals surface area contributed by atoms with Crippen LogP contribution in [0.5, 0.6) is 0 Å². The normalized spacial score (nSPS) is 14.0. The molecule has 0 aliphatic rings. The van der Waals surface area contributed by atoms with Gasteiger partial charge in [0.05, 0.1) is 17.7 Å². The molecule has 0 fully saturated rings. The Balaban J connectivity index is 1.77. The van der Waals surface area contributed by atoms with Crippen LogP contribution in [0, 0.1) is 0 Å². The number of furan rings is 1. The van der Waals surface area contributed by atoms with Gasteiger partial charge in [-0.15, -0.1) is 11.3 Å². The van der Waals surface area contributed by atoms with Crippen LogP contribution in [0.1, 0.15) is 21.0 Å². The number of nitrogens with one attached hydrogen (secondary N) is 1. The highest BCUT2D eigenvalue weighted by atomic mass is 32.2. The number of thiophene rings is 1. The van der Waals surface area contributed by atoms with E-state index in [4.69, 9.17) is 4.42 Å². The Morgan fingerprint density at radius 1 is 1.18 bits per heavy atom. The van der Waals surface area contributed by atoms with Crippen molar-refractivity contribution in [2.45, 2.75) is 10.5 Å². The first-order valence-corrected chi connectivity index (χ1v) is 10.7. The van der Waals surface area contributed by atoms with Gasteiger partial charge in [-0.1, -0.05) is 6.07 Å². The van der Waals surface area contributed by atoms with Crippen molar-refractivity contribution in [2.24, 2.45) is 0 Å². The summed E-state index contributed by atoms with van der Waals surface area (Å²) >= 11 is 1.35. The lowest BCUT2D eigenvalue weighted by molar-refractivity contribution is 0.0554. The van der Waals surface area contributed by atoms with Gasteiger partial charge in [0.1, 0.15) is 5.76 Å². The van der Waals surface area contributed by atoms with Crippen molar-refractivity contribution in [3.63, 3.8) is 0 Å². The molecule has 9 heteroatoms. The third-order valence-electron chi connectivity index (χ3n) is 4.26. The SMILES string of the molecule is CN(C)S(=O)(=O)c1ccc(C(=O)NCC(O)(c2ccco2)c2cccs2)cc1. The molecule has 1 aromatic carbocycles. The number of carbonyl (C=O) groups is 1. The van der Waals surface area contributed by atoms with Gasteiger partial charge in [-0.2, -0.15) is 0 Å². The van der Waals surface area contributed by atoms with Crippen LogP contribution >= 0.6 is 11.3 Å². The topological polar surface area (TPSA) is 99.9 Å². The van der Waals surface area contributed by atoms with Crippen LogP contribution in [0.3, 0.4) is 0 Å². The number of nitrogens with zero attached hydrogens (tertiary/aromatic N) is 1. The van der Waals surface area contributed by atoms with E-state index in [9.17, 15) is 18.3 Å². The standard InChI is InChI=1S/C19H20N2O5S2/c1-21(2)28(24,25)15-9-7-14(8-10-15)18(22)20-13-19(23,16-5-3-11-26-16)17-6-4-12-27-17/h3-12,23H,13H2,1-2H3,(H,20,22). The number of sulfonamides is 1. The molecule has 0 bridgehead atoms. The zero-order chi connectivity index (χ0) is 20.4. The fourth-order valence-electron chi connectivity index (χ4n) is 2.62. The van der Waals surface area contributed by atoms with E-state index in [0.29, 0.717) is 10.6 Å². The average molecular weight is 421 g/mol. The number of rotatable bonds is 7. The molecule has 3 rings (SSSR count). The maximum absolute atomic E-state index is 12.5. The van der Waals surface area contributed by atoms with E-state index in [1.165, 1.54) is 56.0 Å². The van der Waals surface area contributed by atoms with Crippen molar-refractivity contribution in [2.75, 3.05) is 20.6 Å². The lowest BCUT2D eigenvalue weighted by Crippen LogP contribution is -2.41. The van der Waals surface area contributed by atoms with E-state index >= 15 is 0 Å². The predicted molar refractivity (Wildman–Crippen MR) is 106 cm³/mol. The van der Waals surface area contributed by atoms with Gasteiger partial charge in [0.25, 0.3) is 5.91 Å². The highest BCUT2D eigenvalue weighted by molar-refractivity contribution is 7.89. The maximum atomic E-state index is 12.5. The summed E-state index contributed by atoms with van der Waals surface area (Å²) in [6, 6.07) is 12.5. The molecule has 2 N–H and O–H groups in total. The Labute approximate surface area is 167 Å². The molecule has 2 heterocycles. The molecule has 0 saturated heterocycles. The van der Waals surface area contributed by atoms with Gasteiger partial charge >= 0.3 is 0 Å². The van der Waals surface area contributed by atoms with Crippen LogP contribution < -0.4 is 5.32 Å². The Morgan fingerprint density at radius 2 is 1.89 bits per heavy atom. The van der Waals surface area contributed by atoms with Gasteiger partial charge < -0.3 is 14.8 Å². The van der Waals surface area contributed by atoms with E-state index in [0.717, 1.165) is 4.31 Å². The fourth-order valence-corrected chi connectivity index (χ4v) is 4.35. The molecule has 0 spiro atoms.